The quantitative estimate of drug-likeness (QED) is 0.182. The van der Waals surface area contributed by atoms with Crippen LogP contribution in [0.25, 0.3) is 21.7 Å². The number of nitrogens with one attached hydrogen (secondary N) is 1. The molecule has 0 radical (unpaired) electrons. The zero-order chi connectivity index (χ0) is 41.8. The van der Waals surface area contributed by atoms with Gasteiger partial charge in [-0.25, -0.2) is 0 Å². The van der Waals surface area contributed by atoms with Crippen molar-refractivity contribution in [3.8, 4) is 6.07 Å². The van der Waals surface area contributed by atoms with E-state index in [1.165, 1.54) is 34.1 Å². The highest BCUT2D eigenvalue weighted by Gasteiger charge is 2.51. The summed E-state index contributed by atoms with van der Waals surface area (Å²) >= 11 is 0. The second-order valence-corrected chi connectivity index (χ2v) is 17.1. The zero-order valence-corrected chi connectivity index (χ0v) is 32.6. The minimum Gasteiger partial charge on any atom is -0.355 e. The van der Waals surface area contributed by atoms with Gasteiger partial charge in [0.2, 0.25) is 11.8 Å². The van der Waals surface area contributed by atoms with E-state index in [-0.39, 0.29) is 48.1 Å². The van der Waals surface area contributed by atoms with Crippen molar-refractivity contribution in [3.05, 3.63) is 113 Å². The first kappa shape index (κ1) is 39.8. The maximum absolute atomic E-state index is 14.8. The molecule has 0 spiro atoms. The molecule has 0 bridgehead atoms. The largest absolute Gasteiger partial charge is 0.399 e. The lowest BCUT2D eigenvalue weighted by Gasteiger charge is -2.39. The molecule has 4 heterocycles. The topological polar surface area (TPSA) is 197 Å². The number of nitriles is 1. The molecular weight excluding hydrogens is 785 g/mol. The second-order valence-electron chi connectivity index (χ2n) is 15.4. The van der Waals surface area contributed by atoms with Crippen molar-refractivity contribution < 1.29 is 46.8 Å². The first-order valence-electron chi connectivity index (χ1n) is 19.1. The van der Waals surface area contributed by atoms with Gasteiger partial charge in [-0.1, -0.05) is 65.3 Å². The third kappa shape index (κ3) is 7.35. The summed E-state index contributed by atoms with van der Waals surface area (Å²) in [4.78, 5) is 80.5. The number of amides is 4. The van der Waals surface area contributed by atoms with Crippen molar-refractivity contribution in [2.75, 3.05) is 26.2 Å². The van der Waals surface area contributed by atoms with E-state index in [0.717, 1.165) is 23.3 Å². The summed E-state index contributed by atoms with van der Waals surface area (Å²) in [7, 11) is -5.88. The van der Waals surface area contributed by atoms with Gasteiger partial charge in [-0.05, 0) is 72.9 Å². The number of rotatable bonds is 7. The van der Waals surface area contributed by atoms with Gasteiger partial charge in [0.25, 0.3) is 11.8 Å². The van der Waals surface area contributed by atoms with Crippen LogP contribution in [0.3, 0.4) is 0 Å². The molecule has 4 aromatic carbocycles. The van der Waals surface area contributed by atoms with Crippen LogP contribution in [0.2, 0.25) is 0 Å². The van der Waals surface area contributed by atoms with Gasteiger partial charge in [0.15, 0.2) is 11.3 Å². The van der Waals surface area contributed by atoms with Crippen LogP contribution in [0, 0.1) is 24.2 Å². The Morgan fingerprint density at radius 3 is 2.44 bits per heavy atom. The van der Waals surface area contributed by atoms with Crippen LogP contribution in [0.5, 0.6) is 0 Å². The molecule has 14 nitrogen and oxygen atoms in total. The number of aryl methyl sites for hydroxylation is 1. The van der Waals surface area contributed by atoms with E-state index >= 15 is 0 Å². The smallest absolute Gasteiger partial charge is 0.355 e. The van der Waals surface area contributed by atoms with E-state index in [9.17, 15) is 47.6 Å². The summed E-state index contributed by atoms with van der Waals surface area (Å²) in [6.45, 7) is 2.17. The number of hydrogen-bond acceptors (Lipinski definition) is 8. The Bertz CT molecular complexity index is 2590. The molecule has 5 aromatic rings. The van der Waals surface area contributed by atoms with Crippen LogP contribution in [-0.4, -0.2) is 97.6 Å². The van der Waals surface area contributed by atoms with Gasteiger partial charge < -0.3 is 34.3 Å². The SMILES string of the molecule is Cc1ccc2onc(C(=O)N3CC[C@H]4CC[C@@H](C(=O)N5C[C@H](c6ccccc6)[C@@H](C#N)C5)N4C(=O)[C@@H](NC(=O)c4ccc5ccc(C(F)(F)P(=O)(O)O)cc5c4)C3)c2c1. The average molecular weight is 825 g/mol. The van der Waals surface area contributed by atoms with Gasteiger partial charge in [-0.3, -0.25) is 23.7 Å². The number of aromatic nitrogens is 1. The number of benzene rings is 4. The summed E-state index contributed by atoms with van der Waals surface area (Å²) in [6.07, 6.45) is 1.10. The van der Waals surface area contributed by atoms with Gasteiger partial charge in [-0.2, -0.15) is 14.0 Å². The van der Waals surface area contributed by atoms with Crippen LogP contribution in [0.1, 0.15) is 62.7 Å². The predicted octanol–water partition coefficient (Wildman–Crippen LogP) is 5.29. The van der Waals surface area contributed by atoms with Crippen molar-refractivity contribution in [2.45, 2.75) is 55.9 Å². The molecule has 4 amide bonds. The molecule has 3 saturated heterocycles. The first-order chi connectivity index (χ1) is 28.1. The molecule has 59 heavy (non-hydrogen) atoms. The Morgan fingerprint density at radius 2 is 1.69 bits per heavy atom. The maximum atomic E-state index is 14.8. The minimum absolute atomic E-state index is 0.0321. The summed E-state index contributed by atoms with van der Waals surface area (Å²) in [5.41, 5.74) is -3.26. The van der Waals surface area contributed by atoms with Gasteiger partial charge in [-0.15, -0.1) is 0 Å². The summed E-state index contributed by atoms with van der Waals surface area (Å²) < 4.78 is 46.3. The van der Waals surface area contributed by atoms with Crippen molar-refractivity contribution in [2.24, 2.45) is 5.92 Å². The number of halogens is 2. The summed E-state index contributed by atoms with van der Waals surface area (Å²) in [5, 5.41) is 17.8. The van der Waals surface area contributed by atoms with E-state index in [0.29, 0.717) is 42.2 Å². The fourth-order valence-corrected chi connectivity index (χ4v) is 9.09. The van der Waals surface area contributed by atoms with E-state index in [2.05, 4.69) is 16.5 Å². The van der Waals surface area contributed by atoms with Gasteiger partial charge in [0.1, 0.15) is 12.1 Å². The van der Waals surface area contributed by atoms with Crippen molar-refractivity contribution in [1.29, 1.82) is 5.26 Å². The highest BCUT2D eigenvalue weighted by atomic mass is 31.2. The van der Waals surface area contributed by atoms with Crippen molar-refractivity contribution in [3.63, 3.8) is 0 Å². The monoisotopic (exact) mass is 824 g/mol. The van der Waals surface area contributed by atoms with Crippen LogP contribution in [0.4, 0.5) is 8.78 Å². The normalized spacial score (nSPS) is 22.5. The Kier molecular flexibility index (Phi) is 10.3. The molecule has 0 saturated carbocycles. The highest BCUT2D eigenvalue weighted by Crippen LogP contribution is 2.59. The Labute approximate surface area is 336 Å². The predicted molar refractivity (Wildman–Crippen MR) is 209 cm³/mol. The van der Waals surface area contributed by atoms with E-state index in [1.807, 2.05) is 43.3 Å². The fourth-order valence-electron chi connectivity index (χ4n) is 8.61. The number of hydrogen-bond donors (Lipinski definition) is 3. The number of nitrogens with zero attached hydrogens (tertiary/aromatic N) is 5. The molecule has 3 fully saturated rings. The van der Waals surface area contributed by atoms with Gasteiger partial charge >= 0.3 is 13.3 Å². The summed E-state index contributed by atoms with van der Waals surface area (Å²) in [6, 6.07) is 21.5. The van der Waals surface area contributed by atoms with Crippen LogP contribution in [0.15, 0.2) is 89.5 Å². The Balaban J connectivity index is 1.10. The van der Waals surface area contributed by atoms with E-state index in [4.69, 9.17) is 4.52 Å². The lowest BCUT2D eigenvalue weighted by atomic mass is 9.90. The molecule has 304 valence electrons. The third-order valence-corrected chi connectivity index (χ3v) is 12.7. The summed E-state index contributed by atoms with van der Waals surface area (Å²) in [5.74, 6) is -2.90. The molecule has 8 rings (SSSR count). The fraction of sp³-hybridized carbons (Fsp3) is 0.333. The Morgan fingerprint density at radius 1 is 0.932 bits per heavy atom. The molecule has 3 aliphatic rings. The number of fused-ring (bicyclic) bond motifs is 3. The van der Waals surface area contributed by atoms with E-state index < -0.39 is 60.6 Å². The minimum atomic E-state index is -5.88. The molecule has 0 aliphatic carbocycles. The van der Waals surface area contributed by atoms with Crippen LogP contribution >= 0.6 is 7.60 Å². The maximum Gasteiger partial charge on any atom is 0.399 e. The highest BCUT2D eigenvalue weighted by molar-refractivity contribution is 7.52. The molecule has 3 N–H and O–H groups in total. The third-order valence-electron chi connectivity index (χ3n) is 11.7. The second kappa shape index (κ2) is 15.3. The number of carbonyl (C=O) groups is 4. The van der Waals surface area contributed by atoms with Crippen LogP contribution < -0.4 is 5.32 Å². The molecule has 17 heteroatoms. The molecule has 1 aromatic heterocycles. The number of carbonyl (C=O) groups excluding carboxylic acids is 4. The lowest BCUT2D eigenvalue weighted by molar-refractivity contribution is -0.147. The first-order valence-corrected chi connectivity index (χ1v) is 20.8. The van der Waals surface area contributed by atoms with Crippen molar-refractivity contribution in [1.82, 2.24) is 25.2 Å². The number of likely N-dealkylation sites (tertiary alicyclic amines) is 1. The van der Waals surface area contributed by atoms with Gasteiger partial charge in [0.05, 0.1) is 23.9 Å². The zero-order valence-electron chi connectivity index (χ0n) is 31.7. The molecule has 0 unspecified atom stereocenters. The van der Waals surface area contributed by atoms with Crippen molar-refractivity contribution >= 4 is 53.0 Å². The Hall–Kier alpha value is -6.01. The van der Waals surface area contributed by atoms with Gasteiger partial charge in [0, 0.05) is 42.7 Å². The van der Waals surface area contributed by atoms with E-state index in [1.54, 1.807) is 17.0 Å². The van der Waals surface area contributed by atoms with Crippen LogP contribution in [-0.2, 0) is 19.8 Å². The molecular formula is C42H39F2N6O8P. The standard InChI is InChI=1S/C42H39F2N6O8P/c1-24-7-14-36-32(17-24)37(47-58-36)41(54)48-16-15-31-12-13-35(40(53)49-21-29(20-45)33(22-49)26-5-3-2-4-6-26)50(31)39(52)34(23-48)46-38(51)27-9-8-25-10-11-30(19-28(25)18-27)42(43,44)59(55,56)57/h2-11,14,17-19,29,31,33-35H,12-13,15-16,21-23H2,1H3,(H,46,51)(H2,55,56,57)/t29-,31+,33+,34-,35-/m0/s1. The molecule has 3 aliphatic heterocycles. The molecule has 5 atom stereocenters. The average Bonchev–Trinajstić information content (AvgIpc) is 3.97. The lowest BCUT2D eigenvalue weighted by Crippen LogP contribution is -2.61. The number of alkyl halides is 2.